The molecule has 1 aromatic rings. The Hall–Kier alpha value is -0.870. The van der Waals surface area contributed by atoms with Crippen LogP contribution in [0, 0.1) is 0 Å². The summed E-state index contributed by atoms with van der Waals surface area (Å²) >= 11 is 1.80. The van der Waals surface area contributed by atoms with E-state index in [-0.39, 0.29) is 0 Å². The maximum Gasteiger partial charge on any atom is 0.150 e. The second-order valence-electron chi connectivity index (χ2n) is 4.17. The number of hydrogen-bond acceptors (Lipinski definition) is 4. The van der Waals surface area contributed by atoms with E-state index < -0.39 is 0 Å². The minimum Gasteiger partial charge on any atom is -0.306 e. The first-order chi connectivity index (χ1) is 7.78. The standard InChI is InChI=1S/C12H16N2OS/c1-14-6-3-11(4-7-14)16-12-8-10(9-15)2-5-13-12/h2,5,8-9,11H,3-4,6-7H2,1H3. The van der Waals surface area contributed by atoms with E-state index in [1.165, 1.54) is 12.8 Å². The van der Waals surface area contributed by atoms with Crippen molar-refractivity contribution in [3.8, 4) is 0 Å². The van der Waals surface area contributed by atoms with Gasteiger partial charge in [0, 0.05) is 17.0 Å². The fourth-order valence-electron chi connectivity index (χ4n) is 1.84. The zero-order valence-electron chi connectivity index (χ0n) is 9.43. The molecule has 1 aromatic heterocycles. The smallest absolute Gasteiger partial charge is 0.150 e. The summed E-state index contributed by atoms with van der Waals surface area (Å²) in [4.78, 5) is 17.3. The van der Waals surface area contributed by atoms with Crippen LogP contribution < -0.4 is 0 Å². The zero-order chi connectivity index (χ0) is 11.4. The Kier molecular flexibility index (Phi) is 3.96. The van der Waals surface area contributed by atoms with Crippen LogP contribution in [0.15, 0.2) is 23.4 Å². The van der Waals surface area contributed by atoms with E-state index in [2.05, 4.69) is 16.9 Å². The first kappa shape index (κ1) is 11.6. The van der Waals surface area contributed by atoms with E-state index in [4.69, 9.17) is 0 Å². The third-order valence-electron chi connectivity index (χ3n) is 2.85. The molecular formula is C12H16N2OS. The number of pyridine rings is 1. The Labute approximate surface area is 100 Å². The molecular weight excluding hydrogens is 220 g/mol. The van der Waals surface area contributed by atoms with Gasteiger partial charge in [-0.15, -0.1) is 11.8 Å². The monoisotopic (exact) mass is 236 g/mol. The Morgan fingerprint density at radius 2 is 2.25 bits per heavy atom. The molecule has 2 heterocycles. The summed E-state index contributed by atoms with van der Waals surface area (Å²) in [6, 6.07) is 3.61. The molecule has 4 heteroatoms. The van der Waals surface area contributed by atoms with E-state index in [1.54, 1.807) is 24.0 Å². The van der Waals surface area contributed by atoms with Gasteiger partial charge in [-0.1, -0.05) is 0 Å². The van der Waals surface area contributed by atoms with E-state index in [0.29, 0.717) is 10.8 Å². The molecule has 2 rings (SSSR count). The number of aromatic nitrogens is 1. The highest BCUT2D eigenvalue weighted by atomic mass is 32.2. The Morgan fingerprint density at radius 3 is 2.94 bits per heavy atom. The summed E-state index contributed by atoms with van der Waals surface area (Å²) in [6.07, 6.45) is 4.99. The van der Waals surface area contributed by atoms with Gasteiger partial charge in [0.25, 0.3) is 0 Å². The van der Waals surface area contributed by atoms with Gasteiger partial charge in [0.2, 0.25) is 0 Å². The van der Waals surface area contributed by atoms with Gasteiger partial charge < -0.3 is 4.90 Å². The molecule has 1 aliphatic heterocycles. The lowest BCUT2D eigenvalue weighted by atomic mass is 10.1. The largest absolute Gasteiger partial charge is 0.306 e. The van der Waals surface area contributed by atoms with Crippen molar-refractivity contribution in [2.45, 2.75) is 23.1 Å². The van der Waals surface area contributed by atoms with Crippen LogP contribution in [0.3, 0.4) is 0 Å². The Balaban J connectivity index is 1.95. The van der Waals surface area contributed by atoms with Crippen molar-refractivity contribution in [3.63, 3.8) is 0 Å². The number of rotatable bonds is 3. The highest BCUT2D eigenvalue weighted by Gasteiger charge is 2.18. The zero-order valence-corrected chi connectivity index (χ0v) is 10.2. The number of carbonyl (C=O) groups excluding carboxylic acids is 1. The quantitative estimate of drug-likeness (QED) is 0.752. The summed E-state index contributed by atoms with van der Waals surface area (Å²) in [6.45, 7) is 2.32. The van der Waals surface area contributed by atoms with Crippen molar-refractivity contribution in [1.82, 2.24) is 9.88 Å². The molecule has 16 heavy (non-hydrogen) atoms. The average molecular weight is 236 g/mol. The van der Waals surface area contributed by atoms with Crippen molar-refractivity contribution in [2.75, 3.05) is 20.1 Å². The molecule has 0 aromatic carbocycles. The van der Waals surface area contributed by atoms with Crippen LogP contribution in [0.25, 0.3) is 0 Å². The lowest BCUT2D eigenvalue weighted by molar-refractivity contribution is 0.112. The van der Waals surface area contributed by atoms with Gasteiger partial charge in [0.1, 0.15) is 6.29 Å². The molecule has 0 bridgehead atoms. The van der Waals surface area contributed by atoms with Crippen LogP contribution >= 0.6 is 11.8 Å². The number of carbonyl (C=O) groups is 1. The second-order valence-corrected chi connectivity index (χ2v) is 5.49. The van der Waals surface area contributed by atoms with Gasteiger partial charge in [-0.3, -0.25) is 4.79 Å². The number of likely N-dealkylation sites (tertiary alicyclic amines) is 1. The van der Waals surface area contributed by atoms with Gasteiger partial charge in [-0.05, 0) is 45.1 Å². The lowest BCUT2D eigenvalue weighted by Gasteiger charge is -2.28. The summed E-state index contributed by atoms with van der Waals surface area (Å²) in [5.41, 5.74) is 0.713. The van der Waals surface area contributed by atoms with Crippen molar-refractivity contribution < 1.29 is 4.79 Å². The van der Waals surface area contributed by atoms with Crippen molar-refractivity contribution in [1.29, 1.82) is 0 Å². The Morgan fingerprint density at radius 1 is 1.50 bits per heavy atom. The predicted octanol–water partition coefficient (Wildman–Crippen LogP) is 2.08. The summed E-state index contributed by atoms with van der Waals surface area (Å²) in [7, 11) is 2.16. The fourth-order valence-corrected chi connectivity index (χ4v) is 2.95. The molecule has 0 amide bonds. The summed E-state index contributed by atoms with van der Waals surface area (Å²) in [5, 5.41) is 1.62. The Bertz CT molecular complexity index is 362. The minimum atomic E-state index is 0.644. The summed E-state index contributed by atoms with van der Waals surface area (Å²) in [5.74, 6) is 0. The normalized spacial score (nSPS) is 18.6. The molecule has 3 nitrogen and oxygen atoms in total. The molecule has 0 saturated carbocycles. The number of nitrogens with zero attached hydrogens (tertiary/aromatic N) is 2. The van der Waals surface area contributed by atoms with Crippen molar-refractivity contribution >= 4 is 18.0 Å². The van der Waals surface area contributed by atoms with Crippen LogP contribution in [0.1, 0.15) is 23.2 Å². The average Bonchev–Trinajstić information content (AvgIpc) is 2.32. The number of aldehydes is 1. The van der Waals surface area contributed by atoms with E-state index >= 15 is 0 Å². The molecule has 0 N–H and O–H groups in total. The topological polar surface area (TPSA) is 33.2 Å². The fraction of sp³-hybridized carbons (Fsp3) is 0.500. The van der Waals surface area contributed by atoms with Crippen LogP contribution in [0.4, 0.5) is 0 Å². The molecule has 1 fully saturated rings. The highest BCUT2D eigenvalue weighted by Crippen LogP contribution is 2.28. The summed E-state index contributed by atoms with van der Waals surface area (Å²) < 4.78 is 0. The van der Waals surface area contributed by atoms with E-state index in [9.17, 15) is 4.79 Å². The van der Waals surface area contributed by atoms with Gasteiger partial charge in [-0.2, -0.15) is 0 Å². The third-order valence-corrected chi connectivity index (χ3v) is 4.12. The lowest BCUT2D eigenvalue weighted by Crippen LogP contribution is -2.31. The van der Waals surface area contributed by atoms with E-state index in [0.717, 1.165) is 24.4 Å². The maximum atomic E-state index is 10.7. The molecule has 1 saturated heterocycles. The van der Waals surface area contributed by atoms with Crippen molar-refractivity contribution in [3.05, 3.63) is 23.9 Å². The van der Waals surface area contributed by atoms with Gasteiger partial charge in [-0.25, -0.2) is 4.98 Å². The second kappa shape index (κ2) is 5.46. The SMILES string of the molecule is CN1CCC(Sc2cc(C=O)ccn2)CC1. The van der Waals surface area contributed by atoms with Crippen LogP contribution in [-0.4, -0.2) is 41.6 Å². The number of piperidine rings is 1. The molecule has 0 aliphatic carbocycles. The molecule has 0 atom stereocenters. The predicted molar refractivity (Wildman–Crippen MR) is 66.0 cm³/mol. The number of thioether (sulfide) groups is 1. The van der Waals surface area contributed by atoms with Gasteiger partial charge in [0.15, 0.2) is 0 Å². The van der Waals surface area contributed by atoms with Crippen LogP contribution in [0.2, 0.25) is 0 Å². The molecule has 1 aliphatic rings. The molecule has 0 radical (unpaired) electrons. The first-order valence-corrected chi connectivity index (χ1v) is 6.42. The minimum absolute atomic E-state index is 0.644. The number of hydrogen-bond donors (Lipinski definition) is 0. The molecule has 0 spiro atoms. The van der Waals surface area contributed by atoms with Gasteiger partial charge in [0.05, 0.1) is 5.03 Å². The molecule has 86 valence electrons. The van der Waals surface area contributed by atoms with Crippen molar-refractivity contribution in [2.24, 2.45) is 0 Å². The van der Waals surface area contributed by atoms with Crippen LogP contribution in [-0.2, 0) is 0 Å². The third kappa shape index (κ3) is 3.06. The highest BCUT2D eigenvalue weighted by molar-refractivity contribution is 7.99. The maximum absolute atomic E-state index is 10.7. The first-order valence-electron chi connectivity index (χ1n) is 5.54. The van der Waals surface area contributed by atoms with Gasteiger partial charge >= 0.3 is 0 Å². The van der Waals surface area contributed by atoms with Crippen LogP contribution in [0.5, 0.6) is 0 Å². The van der Waals surface area contributed by atoms with E-state index in [1.807, 2.05) is 6.07 Å². The molecule has 0 unspecified atom stereocenters.